The first-order valence-corrected chi connectivity index (χ1v) is 7.15. The van der Waals surface area contributed by atoms with E-state index in [1.807, 2.05) is 0 Å². The molecule has 24 heavy (non-hydrogen) atoms. The van der Waals surface area contributed by atoms with Gasteiger partial charge in [-0.2, -0.15) is 0 Å². The van der Waals surface area contributed by atoms with Gasteiger partial charge in [-0.1, -0.05) is 6.07 Å². The lowest BCUT2D eigenvalue weighted by atomic mass is 10.00. The first-order chi connectivity index (χ1) is 11.3. The van der Waals surface area contributed by atoms with Gasteiger partial charge in [0.15, 0.2) is 0 Å². The van der Waals surface area contributed by atoms with Crippen LogP contribution < -0.4 is 0 Å². The molecule has 124 valence electrons. The fraction of sp³-hybridized carbons (Fsp3) is 0.267. The van der Waals surface area contributed by atoms with Crippen molar-refractivity contribution in [2.24, 2.45) is 0 Å². The number of piperazine rings is 1. The van der Waals surface area contributed by atoms with Crippen molar-refractivity contribution in [2.75, 3.05) is 14.1 Å². The SMILES string of the molecule is CN1C(=O)C(=O)N(C)[C@@H](Cc2c[nH]c3cccc([N+](=O)[O-])c23)C1=O. The lowest BCUT2D eigenvalue weighted by Crippen LogP contribution is -2.60. The van der Waals surface area contributed by atoms with Gasteiger partial charge in [0.2, 0.25) is 0 Å². The van der Waals surface area contributed by atoms with Crippen molar-refractivity contribution in [2.45, 2.75) is 12.5 Å². The van der Waals surface area contributed by atoms with Gasteiger partial charge in [0, 0.05) is 32.8 Å². The Bertz CT molecular complexity index is 887. The highest BCUT2D eigenvalue weighted by molar-refractivity contribution is 6.39. The van der Waals surface area contributed by atoms with Crippen LogP contribution in [0, 0.1) is 10.1 Å². The van der Waals surface area contributed by atoms with Crippen LogP contribution in [-0.4, -0.2) is 57.6 Å². The molecule has 9 heteroatoms. The van der Waals surface area contributed by atoms with E-state index >= 15 is 0 Å². The molecule has 0 bridgehead atoms. The van der Waals surface area contributed by atoms with Crippen LogP contribution in [0.5, 0.6) is 0 Å². The number of imide groups is 1. The van der Waals surface area contributed by atoms with E-state index in [-0.39, 0.29) is 12.1 Å². The fourth-order valence-corrected chi connectivity index (χ4v) is 2.91. The number of carbonyl (C=O) groups excluding carboxylic acids is 3. The number of non-ortho nitro benzene ring substituents is 1. The highest BCUT2D eigenvalue weighted by atomic mass is 16.6. The van der Waals surface area contributed by atoms with Gasteiger partial charge < -0.3 is 9.88 Å². The molecule has 0 saturated carbocycles. The summed E-state index contributed by atoms with van der Waals surface area (Å²) < 4.78 is 0. The molecule has 0 aliphatic carbocycles. The summed E-state index contributed by atoms with van der Waals surface area (Å²) in [7, 11) is 2.62. The van der Waals surface area contributed by atoms with E-state index in [4.69, 9.17) is 0 Å². The van der Waals surface area contributed by atoms with E-state index in [1.165, 1.54) is 20.2 Å². The number of nitro benzene ring substituents is 1. The number of hydrogen-bond donors (Lipinski definition) is 1. The molecule has 3 amide bonds. The van der Waals surface area contributed by atoms with Gasteiger partial charge in [0.25, 0.3) is 11.6 Å². The summed E-state index contributed by atoms with van der Waals surface area (Å²) in [6.45, 7) is 0. The predicted octanol–water partition coefficient (Wildman–Crippen LogP) is 0.444. The molecule has 2 heterocycles. The van der Waals surface area contributed by atoms with Crippen LogP contribution in [0.1, 0.15) is 5.56 Å². The molecule has 0 radical (unpaired) electrons. The van der Waals surface area contributed by atoms with E-state index in [0.29, 0.717) is 16.5 Å². The first kappa shape index (κ1) is 15.7. The van der Waals surface area contributed by atoms with Crippen LogP contribution >= 0.6 is 0 Å². The lowest BCUT2D eigenvalue weighted by Gasteiger charge is -2.34. The third-order valence-corrected chi connectivity index (χ3v) is 4.27. The standard InChI is InChI=1S/C15H14N4O5/c1-17-11(13(20)18(2)15(22)14(17)21)6-8-7-16-9-4-3-5-10(12(8)9)19(23)24/h3-5,7,11,16H,6H2,1-2H3/t11-/m0/s1. The number of hydrogen-bond acceptors (Lipinski definition) is 5. The Morgan fingerprint density at radius 3 is 2.58 bits per heavy atom. The third-order valence-electron chi connectivity index (χ3n) is 4.27. The number of rotatable bonds is 3. The number of fused-ring (bicyclic) bond motifs is 1. The Morgan fingerprint density at radius 1 is 1.21 bits per heavy atom. The zero-order chi connectivity index (χ0) is 17.6. The second-order valence-corrected chi connectivity index (χ2v) is 5.61. The van der Waals surface area contributed by atoms with Crippen molar-refractivity contribution in [3.63, 3.8) is 0 Å². The van der Waals surface area contributed by atoms with Crippen molar-refractivity contribution >= 4 is 34.3 Å². The van der Waals surface area contributed by atoms with E-state index < -0.39 is 28.7 Å². The fourth-order valence-electron chi connectivity index (χ4n) is 2.91. The van der Waals surface area contributed by atoms with Crippen molar-refractivity contribution in [3.8, 4) is 0 Å². The lowest BCUT2D eigenvalue weighted by molar-refractivity contribution is -0.383. The summed E-state index contributed by atoms with van der Waals surface area (Å²) in [5.74, 6) is -2.19. The molecule has 1 aliphatic heterocycles. The molecule has 1 N–H and O–H groups in total. The normalized spacial score (nSPS) is 18.6. The Morgan fingerprint density at radius 2 is 1.92 bits per heavy atom. The molecule has 1 aliphatic rings. The number of aromatic amines is 1. The number of aromatic nitrogens is 1. The Labute approximate surface area is 136 Å². The van der Waals surface area contributed by atoms with E-state index in [0.717, 1.165) is 9.80 Å². The minimum Gasteiger partial charge on any atom is -0.361 e. The highest BCUT2D eigenvalue weighted by Crippen LogP contribution is 2.30. The number of benzene rings is 1. The summed E-state index contributed by atoms with van der Waals surface area (Å²) in [6.07, 6.45) is 1.66. The summed E-state index contributed by atoms with van der Waals surface area (Å²) >= 11 is 0. The average molecular weight is 330 g/mol. The molecular formula is C15H14N4O5. The molecule has 3 rings (SSSR count). The van der Waals surface area contributed by atoms with Gasteiger partial charge in [0.05, 0.1) is 15.8 Å². The zero-order valence-electron chi connectivity index (χ0n) is 13.0. The maximum Gasteiger partial charge on any atom is 0.318 e. The molecule has 1 aromatic heterocycles. The minimum absolute atomic E-state index is 0.0730. The Kier molecular flexibility index (Phi) is 3.55. The number of nitro groups is 1. The van der Waals surface area contributed by atoms with Gasteiger partial charge in [-0.15, -0.1) is 0 Å². The van der Waals surface area contributed by atoms with Crippen LogP contribution in [0.4, 0.5) is 5.69 Å². The van der Waals surface area contributed by atoms with Crippen LogP contribution in [0.2, 0.25) is 0 Å². The van der Waals surface area contributed by atoms with Gasteiger partial charge in [0.1, 0.15) is 6.04 Å². The predicted molar refractivity (Wildman–Crippen MR) is 83.0 cm³/mol. The average Bonchev–Trinajstić information content (AvgIpc) is 2.98. The highest BCUT2D eigenvalue weighted by Gasteiger charge is 2.42. The zero-order valence-corrected chi connectivity index (χ0v) is 13.0. The topological polar surface area (TPSA) is 117 Å². The van der Waals surface area contributed by atoms with Crippen molar-refractivity contribution in [3.05, 3.63) is 40.1 Å². The smallest absolute Gasteiger partial charge is 0.318 e. The number of likely N-dealkylation sites (N-methyl/N-ethyl adjacent to an activating group) is 2. The number of carbonyl (C=O) groups is 3. The van der Waals surface area contributed by atoms with E-state index in [1.54, 1.807) is 18.3 Å². The Balaban J connectivity index is 2.04. The van der Waals surface area contributed by atoms with Gasteiger partial charge in [-0.05, 0) is 11.6 Å². The largest absolute Gasteiger partial charge is 0.361 e. The molecule has 0 spiro atoms. The summed E-state index contributed by atoms with van der Waals surface area (Å²) in [5.41, 5.74) is 1.03. The maximum absolute atomic E-state index is 12.3. The first-order valence-electron chi connectivity index (χ1n) is 7.15. The number of nitrogens with one attached hydrogen (secondary N) is 1. The molecule has 1 saturated heterocycles. The van der Waals surface area contributed by atoms with E-state index in [9.17, 15) is 24.5 Å². The quantitative estimate of drug-likeness (QED) is 0.379. The summed E-state index contributed by atoms with van der Waals surface area (Å²) in [6, 6.07) is 3.75. The maximum atomic E-state index is 12.3. The van der Waals surface area contributed by atoms with Gasteiger partial charge in [-0.25, -0.2) is 0 Å². The van der Waals surface area contributed by atoms with Crippen LogP contribution in [0.25, 0.3) is 10.9 Å². The molecule has 2 aromatic rings. The number of nitrogens with zero attached hydrogens (tertiary/aromatic N) is 3. The summed E-state index contributed by atoms with van der Waals surface area (Å²) in [4.78, 5) is 51.5. The third kappa shape index (κ3) is 2.21. The second-order valence-electron chi connectivity index (χ2n) is 5.61. The van der Waals surface area contributed by atoms with Gasteiger partial charge >= 0.3 is 11.8 Å². The summed E-state index contributed by atoms with van der Waals surface area (Å²) in [5, 5.41) is 11.6. The van der Waals surface area contributed by atoms with Crippen LogP contribution in [0.3, 0.4) is 0 Å². The molecule has 0 unspecified atom stereocenters. The van der Waals surface area contributed by atoms with E-state index in [2.05, 4.69) is 4.98 Å². The van der Waals surface area contributed by atoms with Crippen molar-refractivity contribution in [1.82, 2.24) is 14.8 Å². The minimum atomic E-state index is -0.890. The van der Waals surface area contributed by atoms with Gasteiger partial charge in [-0.3, -0.25) is 29.4 Å². The molecule has 9 nitrogen and oxygen atoms in total. The molecule has 1 aromatic carbocycles. The van der Waals surface area contributed by atoms with Crippen LogP contribution in [0.15, 0.2) is 24.4 Å². The monoisotopic (exact) mass is 330 g/mol. The second kappa shape index (κ2) is 5.44. The Hall–Kier alpha value is -3.23. The molecular weight excluding hydrogens is 316 g/mol. The molecule has 1 fully saturated rings. The van der Waals surface area contributed by atoms with Crippen molar-refractivity contribution < 1.29 is 19.3 Å². The molecule has 1 atom stereocenters. The van der Waals surface area contributed by atoms with Crippen LogP contribution in [-0.2, 0) is 20.8 Å². The number of H-pyrrole nitrogens is 1. The van der Waals surface area contributed by atoms with Crippen molar-refractivity contribution in [1.29, 1.82) is 0 Å². The number of amides is 3.